The molecule has 5 nitrogen and oxygen atoms in total. The van der Waals surface area contributed by atoms with Crippen molar-refractivity contribution >= 4 is 11.7 Å². The number of nitrogens with zero attached hydrogens (tertiary/aromatic N) is 1. The highest BCUT2D eigenvalue weighted by atomic mass is 16.1. The van der Waals surface area contributed by atoms with Crippen molar-refractivity contribution in [3.63, 3.8) is 0 Å². The second kappa shape index (κ2) is 5.38. The number of H-pyrrole nitrogens is 1. The summed E-state index contributed by atoms with van der Waals surface area (Å²) in [7, 11) is 0. The fraction of sp³-hybridized carbons (Fsp3) is 0.600. The molecular formula is C10H18N4O. The first-order valence-corrected chi connectivity index (χ1v) is 5.20. The molecule has 0 aliphatic heterocycles. The molecule has 1 amide bonds. The van der Waals surface area contributed by atoms with E-state index in [9.17, 15) is 4.79 Å². The van der Waals surface area contributed by atoms with Crippen LogP contribution < -0.4 is 11.1 Å². The van der Waals surface area contributed by atoms with Gasteiger partial charge in [0.15, 0.2) is 0 Å². The number of aromatic amines is 1. The highest BCUT2D eigenvalue weighted by Crippen LogP contribution is 2.07. The van der Waals surface area contributed by atoms with Gasteiger partial charge in [-0.2, -0.15) is 5.10 Å². The average molecular weight is 210 g/mol. The van der Waals surface area contributed by atoms with Crippen LogP contribution >= 0.6 is 0 Å². The van der Waals surface area contributed by atoms with Gasteiger partial charge >= 0.3 is 0 Å². The number of carbonyl (C=O) groups is 1. The number of nitrogen functional groups attached to an aromatic ring is 1. The molecule has 0 radical (unpaired) electrons. The Morgan fingerprint density at radius 3 is 3.00 bits per heavy atom. The summed E-state index contributed by atoms with van der Waals surface area (Å²) in [5.74, 6) is 0.638. The average Bonchev–Trinajstić information content (AvgIpc) is 2.61. The molecule has 1 atom stereocenters. The normalized spacial score (nSPS) is 12.4. The van der Waals surface area contributed by atoms with Crippen molar-refractivity contribution in [2.24, 2.45) is 5.92 Å². The van der Waals surface area contributed by atoms with Crippen LogP contribution in [-0.4, -0.2) is 16.1 Å². The van der Waals surface area contributed by atoms with Crippen LogP contribution in [0.1, 0.15) is 32.3 Å². The van der Waals surface area contributed by atoms with Gasteiger partial charge in [-0.05, 0) is 6.42 Å². The summed E-state index contributed by atoms with van der Waals surface area (Å²) in [4.78, 5) is 11.6. The number of anilines is 1. The molecule has 0 spiro atoms. The van der Waals surface area contributed by atoms with E-state index in [-0.39, 0.29) is 11.8 Å². The molecule has 84 valence electrons. The SMILES string of the molecule is CCCC(C)C(=O)NCc1cn[nH]c1N. The number of rotatable bonds is 5. The standard InChI is InChI=1S/C10H18N4O/c1-3-4-7(2)10(15)12-5-8-6-13-14-9(8)11/h6-7H,3-5H2,1-2H3,(H,12,15)(H3,11,13,14). The first-order valence-electron chi connectivity index (χ1n) is 5.20. The highest BCUT2D eigenvalue weighted by Gasteiger charge is 2.11. The summed E-state index contributed by atoms with van der Waals surface area (Å²) in [6.45, 7) is 4.44. The van der Waals surface area contributed by atoms with E-state index in [1.165, 1.54) is 0 Å². The molecular weight excluding hydrogens is 192 g/mol. The van der Waals surface area contributed by atoms with Gasteiger partial charge in [0.25, 0.3) is 0 Å². The molecule has 0 saturated carbocycles. The van der Waals surface area contributed by atoms with Gasteiger partial charge in [0.05, 0.1) is 6.20 Å². The molecule has 1 aromatic rings. The molecule has 0 aliphatic rings. The van der Waals surface area contributed by atoms with Crippen molar-refractivity contribution in [2.75, 3.05) is 5.73 Å². The van der Waals surface area contributed by atoms with Crippen molar-refractivity contribution < 1.29 is 4.79 Å². The highest BCUT2D eigenvalue weighted by molar-refractivity contribution is 5.78. The molecule has 0 aliphatic carbocycles. The van der Waals surface area contributed by atoms with Gasteiger partial charge in [0.1, 0.15) is 5.82 Å². The summed E-state index contributed by atoms with van der Waals surface area (Å²) in [5, 5.41) is 9.23. The minimum absolute atomic E-state index is 0.0584. The smallest absolute Gasteiger partial charge is 0.223 e. The zero-order chi connectivity index (χ0) is 11.3. The largest absolute Gasteiger partial charge is 0.384 e. The first-order chi connectivity index (χ1) is 7.15. The second-order valence-corrected chi connectivity index (χ2v) is 3.72. The summed E-state index contributed by atoms with van der Waals surface area (Å²) < 4.78 is 0. The number of hydrogen-bond acceptors (Lipinski definition) is 3. The Bertz CT molecular complexity index is 321. The lowest BCUT2D eigenvalue weighted by molar-refractivity contribution is -0.124. The molecule has 0 aromatic carbocycles. The van der Waals surface area contributed by atoms with E-state index in [1.54, 1.807) is 6.20 Å². The molecule has 5 heteroatoms. The minimum Gasteiger partial charge on any atom is -0.384 e. The van der Waals surface area contributed by atoms with Crippen molar-refractivity contribution in [1.82, 2.24) is 15.5 Å². The number of hydrogen-bond donors (Lipinski definition) is 3. The number of aromatic nitrogens is 2. The van der Waals surface area contributed by atoms with Gasteiger partial charge in [-0.25, -0.2) is 0 Å². The van der Waals surface area contributed by atoms with Gasteiger partial charge in [-0.15, -0.1) is 0 Å². The number of amides is 1. The lowest BCUT2D eigenvalue weighted by Crippen LogP contribution is -2.28. The quantitative estimate of drug-likeness (QED) is 0.679. The molecule has 0 saturated heterocycles. The van der Waals surface area contributed by atoms with Crippen LogP contribution in [0.2, 0.25) is 0 Å². The van der Waals surface area contributed by atoms with Crippen LogP contribution in [0.4, 0.5) is 5.82 Å². The Morgan fingerprint density at radius 1 is 1.73 bits per heavy atom. The third-order valence-corrected chi connectivity index (χ3v) is 2.37. The molecule has 4 N–H and O–H groups in total. The predicted octanol–water partition coefficient (Wildman–Crippen LogP) is 1.04. The first kappa shape index (κ1) is 11.6. The molecule has 15 heavy (non-hydrogen) atoms. The summed E-state index contributed by atoms with van der Waals surface area (Å²) >= 11 is 0. The van der Waals surface area contributed by atoms with E-state index in [2.05, 4.69) is 22.4 Å². The molecule has 0 fully saturated rings. The molecule has 1 unspecified atom stereocenters. The fourth-order valence-corrected chi connectivity index (χ4v) is 1.38. The third kappa shape index (κ3) is 3.27. The van der Waals surface area contributed by atoms with Gasteiger partial charge in [0, 0.05) is 18.0 Å². The van der Waals surface area contributed by atoms with Crippen LogP contribution in [0.5, 0.6) is 0 Å². The van der Waals surface area contributed by atoms with Gasteiger partial charge in [-0.1, -0.05) is 20.3 Å². The Kier molecular flexibility index (Phi) is 4.15. The Labute approximate surface area is 89.4 Å². The van der Waals surface area contributed by atoms with Crippen molar-refractivity contribution in [3.05, 3.63) is 11.8 Å². The lowest BCUT2D eigenvalue weighted by Gasteiger charge is -2.10. The number of carbonyl (C=O) groups excluding carboxylic acids is 1. The van der Waals surface area contributed by atoms with E-state index in [0.29, 0.717) is 12.4 Å². The Hall–Kier alpha value is -1.52. The van der Waals surface area contributed by atoms with Gasteiger partial charge in [-0.3, -0.25) is 9.89 Å². The fourth-order valence-electron chi connectivity index (χ4n) is 1.38. The number of nitrogens with two attached hydrogens (primary N) is 1. The molecule has 1 rings (SSSR count). The van der Waals surface area contributed by atoms with E-state index in [0.717, 1.165) is 18.4 Å². The van der Waals surface area contributed by atoms with Crippen molar-refractivity contribution in [3.8, 4) is 0 Å². The van der Waals surface area contributed by atoms with Crippen LogP contribution in [0, 0.1) is 5.92 Å². The van der Waals surface area contributed by atoms with Crippen LogP contribution in [0.15, 0.2) is 6.20 Å². The summed E-state index contributed by atoms with van der Waals surface area (Å²) in [6.07, 6.45) is 3.55. The Balaban J connectivity index is 2.37. The maximum Gasteiger partial charge on any atom is 0.223 e. The van der Waals surface area contributed by atoms with Crippen molar-refractivity contribution in [2.45, 2.75) is 33.2 Å². The van der Waals surface area contributed by atoms with Crippen LogP contribution in [0.25, 0.3) is 0 Å². The van der Waals surface area contributed by atoms with Crippen LogP contribution in [0.3, 0.4) is 0 Å². The predicted molar refractivity (Wildman–Crippen MR) is 58.9 cm³/mol. The van der Waals surface area contributed by atoms with E-state index in [1.807, 2.05) is 6.92 Å². The zero-order valence-electron chi connectivity index (χ0n) is 9.21. The summed E-state index contributed by atoms with van der Waals surface area (Å²) in [5.41, 5.74) is 6.42. The van der Waals surface area contributed by atoms with E-state index >= 15 is 0 Å². The van der Waals surface area contributed by atoms with Crippen LogP contribution in [-0.2, 0) is 11.3 Å². The van der Waals surface area contributed by atoms with E-state index in [4.69, 9.17) is 5.73 Å². The topological polar surface area (TPSA) is 83.8 Å². The molecule has 1 heterocycles. The van der Waals surface area contributed by atoms with E-state index < -0.39 is 0 Å². The monoisotopic (exact) mass is 210 g/mol. The lowest BCUT2D eigenvalue weighted by atomic mass is 10.1. The van der Waals surface area contributed by atoms with Crippen molar-refractivity contribution in [1.29, 1.82) is 0 Å². The summed E-state index contributed by atoms with van der Waals surface area (Å²) in [6, 6.07) is 0. The van der Waals surface area contributed by atoms with Gasteiger partial charge < -0.3 is 11.1 Å². The maximum atomic E-state index is 11.6. The Morgan fingerprint density at radius 2 is 2.47 bits per heavy atom. The minimum atomic E-state index is 0.0584. The maximum absolute atomic E-state index is 11.6. The molecule has 1 aromatic heterocycles. The third-order valence-electron chi connectivity index (χ3n) is 2.37. The second-order valence-electron chi connectivity index (χ2n) is 3.72. The molecule has 0 bridgehead atoms. The number of nitrogens with one attached hydrogen (secondary N) is 2. The zero-order valence-corrected chi connectivity index (χ0v) is 9.21. The van der Waals surface area contributed by atoms with Gasteiger partial charge in [0.2, 0.25) is 5.91 Å².